The van der Waals surface area contributed by atoms with Gasteiger partial charge in [0.1, 0.15) is 40.2 Å². The maximum Gasteiger partial charge on any atom is 0.200 e. The minimum absolute atomic E-state index is 0.580. The average molecular weight is 589 g/mol. The third-order valence-corrected chi connectivity index (χ3v) is 13.5. The van der Waals surface area contributed by atoms with Gasteiger partial charge in [0.2, 0.25) is 0 Å². The van der Waals surface area contributed by atoms with E-state index >= 15 is 0 Å². The molecule has 8 rings (SSSR count). The molecule has 34 heavy (non-hydrogen) atoms. The number of hydrogen-bond acceptors (Lipinski definition) is 16. The van der Waals surface area contributed by atoms with Crippen molar-refractivity contribution in [2.24, 2.45) is 0 Å². The highest BCUT2D eigenvalue weighted by Crippen LogP contribution is 2.60. The molecule has 0 aromatic carbocycles. The van der Waals surface area contributed by atoms with Gasteiger partial charge in [-0.1, -0.05) is 94.1 Å². The van der Waals surface area contributed by atoms with Gasteiger partial charge in [0, 0.05) is 0 Å². The number of aromatic nitrogens is 8. The van der Waals surface area contributed by atoms with E-state index in [1.54, 1.807) is 94.1 Å². The predicted octanol–water partition coefficient (Wildman–Crippen LogP) is 6.71. The molecule has 4 aliphatic rings. The van der Waals surface area contributed by atoms with Gasteiger partial charge in [-0.25, -0.2) is 39.9 Å². The summed E-state index contributed by atoms with van der Waals surface area (Å²) in [5, 5.41) is 15.0. The standard InChI is InChI=1S/C18H4N8S8/c1-2-28-10-9(27-1)19-5-6(20-10)24-14-13(23-5)31-17(32-14)18-33-15-16(34-18)26-8-7(25-15)21-11-12(22-8)30-4-3-29-11/h1-4H. The summed E-state index contributed by atoms with van der Waals surface area (Å²) in [6.45, 7) is 0. The molecule has 8 nitrogen and oxygen atoms in total. The lowest BCUT2D eigenvalue weighted by Gasteiger charge is -2.08. The van der Waals surface area contributed by atoms with E-state index in [2.05, 4.69) is 19.9 Å². The van der Waals surface area contributed by atoms with E-state index < -0.39 is 0 Å². The lowest BCUT2D eigenvalue weighted by molar-refractivity contribution is 0.884. The maximum absolute atomic E-state index is 4.77. The third kappa shape index (κ3) is 3.48. The normalized spacial score (nSPS) is 17.9. The minimum Gasteiger partial charge on any atom is -0.216 e. The molecule has 164 valence electrons. The Morgan fingerprint density at radius 1 is 0.324 bits per heavy atom. The van der Waals surface area contributed by atoms with Gasteiger partial charge < -0.3 is 0 Å². The molecule has 16 heteroatoms. The van der Waals surface area contributed by atoms with E-state index in [0.29, 0.717) is 22.6 Å². The van der Waals surface area contributed by atoms with Crippen LogP contribution in [0.2, 0.25) is 0 Å². The Bertz CT molecular complexity index is 1450. The summed E-state index contributed by atoms with van der Waals surface area (Å²) in [6, 6.07) is 0. The van der Waals surface area contributed by atoms with Crippen molar-refractivity contribution in [3.63, 3.8) is 0 Å². The number of hydrogen-bond donors (Lipinski definition) is 0. The molecule has 0 bridgehead atoms. The second-order valence-electron chi connectivity index (χ2n) is 6.63. The van der Waals surface area contributed by atoms with Gasteiger partial charge in [0.05, 0.1) is 8.47 Å². The molecule has 8 heterocycles. The molecule has 4 aromatic rings. The van der Waals surface area contributed by atoms with Crippen molar-refractivity contribution in [2.75, 3.05) is 0 Å². The first-order chi connectivity index (χ1) is 16.8. The summed E-state index contributed by atoms with van der Waals surface area (Å²) in [5.74, 6) is 0. The SMILES string of the molecule is C1=CSc2nc3nc4c(nc3nc2S1)SC(=C1Sc2nc3nc5c(nc3nc2S1)SC=CS5)S4. The van der Waals surface area contributed by atoms with Gasteiger partial charge in [0.15, 0.2) is 22.6 Å². The van der Waals surface area contributed by atoms with Crippen LogP contribution in [0, 0.1) is 0 Å². The highest BCUT2D eigenvalue weighted by molar-refractivity contribution is 8.30. The quantitative estimate of drug-likeness (QED) is 0.217. The Morgan fingerprint density at radius 3 is 0.824 bits per heavy atom. The Balaban J connectivity index is 1.14. The molecule has 0 aliphatic carbocycles. The van der Waals surface area contributed by atoms with Crippen LogP contribution in [0.3, 0.4) is 0 Å². The molecule has 0 radical (unpaired) electrons. The van der Waals surface area contributed by atoms with Crippen molar-refractivity contribution in [2.45, 2.75) is 40.2 Å². The monoisotopic (exact) mass is 588 g/mol. The second kappa shape index (κ2) is 8.19. The van der Waals surface area contributed by atoms with Gasteiger partial charge in [-0.15, -0.1) is 0 Å². The zero-order valence-corrected chi connectivity index (χ0v) is 22.7. The van der Waals surface area contributed by atoms with Gasteiger partial charge in [-0.2, -0.15) is 0 Å². The molecule has 4 aliphatic heterocycles. The second-order valence-corrected chi connectivity index (χ2v) is 14.7. The first kappa shape index (κ1) is 21.0. The molecule has 0 atom stereocenters. The van der Waals surface area contributed by atoms with Gasteiger partial charge in [-0.3, -0.25) is 0 Å². The number of rotatable bonds is 0. The highest BCUT2D eigenvalue weighted by atomic mass is 32.2. The third-order valence-electron chi connectivity index (χ3n) is 4.55. The molecular weight excluding hydrogens is 585 g/mol. The molecule has 0 saturated heterocycles. The van der Waals surface area contributed by atoms with Crippen molar-refractivity contribution < 1.29 is 0 Å². The van der Waals surface area contributed by atoms with E-state index in [0.717, 1.165) is 48.7 Å². The number of thioether (sulfide) groups is 8. The molecule has 4 aromatic heterocycles. The summed E-state index contributed by atoms with van der Waals surface area (Å²) in [6.07, 6.45) is 0. The molecule has 0 amide bonds. The summed E-state index contributed by atoms with van der Waals surface area (Å²) in [5.41, 5.74) is 2.32. The van der Waals surface area contributed by atoms with Crippen LogP contribution < -0.4 is 0 Å². The average Bonchev–Trinajstić information content (AvgIpc) is 3.46. The summed E-state index contributed by atoms with van der Waals surface area (Å²) in [4.78, 5) is 37.8. The predicted molar refractivity (Wildman–Crippen MR) is 142 cm³/mol. The van der Waals surface area contributed by atoms with Crippen molar-refractivity contribution in [3.05, 3.63) is 30.1 Å². The number of nitrogens with zero attached hydrogens (tertiary/aromatic N) is 8. The van der Waals surface area contributed by atoms with Crippen molar-refractivity contribution in [1.82, 2.24) is 39.9 Å². The van der Waals surface area contributed by atoms with Gasteiger partial charge >= 0.3 is 0 Å². The van der Waals surface area contributed by atoms with E-state index in [-0.39, 0.29) is 0 Å². The lowest BCUT2D eigenvalue weighted by Crippen LogP contribution is -1.98. The zero-order valence-electron chi connectivity index (χ0n) is 16.2. The zero-order chi connectivity index (χ0) is 22.2. The summed E-state index contributed by atoms with van der Waals surface area (Å²) >= 11 is 12.7. The molecule has 0 unspecified atom stereocenters. The Morgan fingerprint density at radius 2 is 0.559 bits per heavy atom. The topological polar surface area (TPSA) is 103 Å². The lowest BCUT2D eigenvalue weighted by atomic mass is 10.6. The van der Waals surface area contributed by atoms with Crippen molar-refractivity contribution in [3.8, 4) is 0 Å². The largest absolute Gasteiger partial charge is 0.216 e. The smallest absolute Gasteiger partial charge is 0.200 e. The first-order valence-corrected chi connectivity index (χ1v) is 16.2. The van der Waals surface area contributed by atoms with Crippen LogP contribution in [0.4, 0.5) is 0 Å². The Labute approximate surface area is 225 Å². The fraction of sp³-hybridized carbons (Fsp3) is 0. The first-order valence-electron chi connectivity index (χ1n) is 9.39. The van der Waals surface area contributed by atoms with E-state index in [9.17, 15) is 0 Å². The fourth-order valence-electron chi connectivity index (χ4n) is 3.15. The van der Waals surface area contributed by atoms with Crippen LogP contribution in [-0.2, 0) is 0 Å². The van der Waals surface area contributed by atoms with Crippen molar-refractivity contribution in [1.29, 1.82) is 0 Å². The van der Waals surface area contributed by atoms with Crippen LogP contribution in [0.5, 0.6) is 0 Å². The van der Waals surface area contributed by atoms with E-state index in [1.165, 1.54) is 0 Å². The molecule has 0 saturated carbocycles. The summed E-state index contributed by atoms with van der Waals surface area (Å²) in [7, 11) is 0. The van der Waals surface area contributed by atoms with Gasteiger partial charge in [-0.05, 0) is 21.6 Å². The van der Waals surface area contributed by atoms with Crippen LogP contribution >= 0.6 is 94.1 Å². The fourth-order valence-corrected chi connectivity index (χ4v) is 11.2. The Kier molecular flexibility index (Phi) is 5.06. The molecule has 0 N–H and O–H groups in total. The van der Waals surface area contributed by atoms with E-state index in [4.69, 9.17) is 19.9 Å². The summed E-state index contributed by atoms with van der Waals surface area (Å²) < 4.78 is 2.24. The molecule has 0 spiro atoms. The minimum atomic E-state index is 0.580. The van der Waals surface area contributed by atoms with Crippen LogP contribution in [0.15, 0.2) is 70.3 Å². The highest BCUT2D eigenvalue weighted by Gasteiger charge is 2.32. The van der Waals surface area contributed by atoms with Crippen LogP contribution in [-0.4, -0.2) is 39.9 Å². The van der Waals surface area contributed by atoms with Crippen LogP contribution in [0.1, 0.15) is 0 Å². The van der Waals surface area contributed by atoms with E-state index in [1.807, 2.05) is 21.6 Å². The molecule has 0 fully saturated rings. The maximum atomic E-state index is 4.77. The molecular formula is C18H4N8S8. The van der Waals surface area contributed by atoms with Gasteiger partial charge in [0.25, 0.3) is 0 Å². The van der Waals surface area contributed by atoms with Crippen LogP contribution in [0.25, 0.3) is 22.6 Å². The number of fused-ring (bicyclic) bond motifs is 6. The van der Waals surface area contributed by atoms with Crippen molar-refractivity contribution >= 4 is 117 Å². The Hall–Kier alpha value is -1.14.